The second kappa shape index (κ2) is 7.35. The average Bonchev–Trinajstić information content (AvgIpc) is 2.55. The lowest BCUT2D eigenvalue weighted by Gasteiger charge is -2.19. The summed E-state index contributed by atoms with van der Waals surface area (Å²) in [6, 6.07) is 15.7. The first-order chi connectivity index (χ1) is 10.2. The molecule has 1 atom stereocenters. The monoisotopic (exact) mass is 302 g/mol. The minimum absolute atomic E-state index is 0.770. The Kier molecular flexibility index (Phi) is 5.49. The van der Waals surface area contributed by atoms with Crippen molar-refractivity contribution >= 4 is 13.3 Å². The van der Waals surface area contributed by atoms with Crippen LogP contribution in [0.2, 0.25) is 0 Å². The summed E-state index contributed by atoms with van der Waals surface area (Å²) in [5, 5.41) is 0.862. The van der Waals surface area contributed by atoms with E-state index in [0.29, 0.717) is 0 Å². The molecule has 0 amide bonds. The molecule has 0 spiro atoms. The summed E-state index contributed by atoms with van der Waals surface area (Å²) < 4.78 is 20.2. The van der Waals surface area contributed by atoms with Gasteiger partial charge in [0.05, 0.1) is 12.4 Å². The quantitative estimate of drug-likeness (QED) is 0.753. The summed E-state index contributed by atoms with van der Waals surface area (Å²) >= 11 is 0. The molecule has 1 unspecified atom stereocenters. The van der Waals surface area contributed by atoms with Gasteiger partial charge in [-0.25, -0.2) is 4.67 Å². The van der Waals surface area contributed by atoms with Crippen molar-refractivity contribution in [2.75, 3.05) is 20.2 Å². The summed E-state index contributed by atoms with van der Waals surface area (Å²) in [5.74, 6) is 0.799. The van der Waals surface area contributed by atoms with Crippen molar-refractivity contribution in [3.8, 4) is 16.9 Å². The van der Waals surface area contributed by atoms with Crippen LogP contribution >= 0.6 is 7.95 Å². The lowest BCUT2D eigenvalue weighted by molar-refractivity contribution is 0.416. The molecule has 111 valence electrons. The SMILES string of the molecule is CCN(CC)[P](=O)c1ccccc1-c1ccccc1OC. The van der Waals surface area contributed by atoms with Crippen LogP contribution in [0.1, 0.15) is 13.8 Å². The number of nitrogens with zero attached hydrogens (tertiary/aromatic N) is 1. The molecule has 1 radical (unpaired) electrons. The van der Waals surface area contributed by atoms with Gasteiger partial charge < -0.3 is 4.74 Å². The van der Waals surface area contributed by atoms with Crippen LogP contribution in [0.25, 0.3) is 11.1 Å². The molecule has 2 aromatic rings. The maximum atomic E-state index is 12.8. The third kappa shape index (κ3) is 3.31. The summed E-state index contributed by atoms with van der Waals surface area (Å²) in [7, 11) is 0.0853. The third-order valence-corrected chi connectivity index (χ3v) is 5.38. The highest BCUT2D eigenvalue weighted by molar-refractivity contribution is 7.51. The van der Waals surface area contributed by atoms with Crippen LogP contribution in [0.15, 0.2) is 48.5 Å². The molecule has 0 N–H and O–H groups in total. The Morgan fingerprint density at radius 3 is 2.14 bits per heavy atom. The van der Waals surface area contributed by atoms with Crippen molar-refractivity contribution in [1.82, 2.24) is 4.67 Å². The van der Waals surface area contributed by atoms with E-state index >= 15 is 0 Å². The van der Waals surface area contributed by atoms with Gasteiger partial charge in [-0.1, -0.05) is 50.2 Å². The first-order valence-corrected chi connectivity index (χ1v) is 8.38. The van der Waals surface area contributed by atoms with Gasteiger partial charge in [0.15, 0.2) is 7.95 Å². The minimum atomic E-state index is -1.57. The summed E-state index contributed by atoms with van der Waals surface area (Å²) in [6.07, 6.45) is 0. The molecule has 0 fully saturated rings. The molecule has 21 heavy (non-hydrogen) atoms. The van der Waals surface area contributed by atoms with Crippen LogP contribution in [-0.2, 0) is 4.57 Å². The molecule has 0 aliphatic heterocycles. The Hall–Kier alpha value is -1.70. The van der Waals surface area contributed by atoms with Crippen molar-refractivity contribution < 1.29 is 9.30 Å². The molecule has 3 nitrogen and oxygen atoms in total. The van der Waals surface area contributed by atoms with E-state index in [1.165, 1.54) is 0 Å². The van der Waals surface area contributed by atoms with Crippen LogP contribution in [0.3, 0.4) is 0 Å². The predicted molar refractivity (Wildman–Crippen MR) is 88.6 cm³/mol. The molecule has 4 heteroatoms. The molecule has 0 saturated carbocycles. The van der Waals surface area contributed by atoms with Crippen LogP contribution in [-0.4, -0.2) is 24.9 Å². The zero-order valence-electron chi connectivity index (χ0n) is 12.7. The van der Waals surface area contributed by atoms with Crippen LogP contribution in [0.4, 0.5) is 0 Å². The topological polar surface area (TPSA) is 29.5 Å². The molecule has 2 rings (SSSR count). The van der Waals surface area contributed by atoms with Crippen molar-refractivity contribution in [1.29, 1.82) is 0 Å². The molecule has 0 aliphatic rings. The molecule has 0 heterocycles. The van der Waals surface area contributed by atoms with Crippen LogP contribution in [0.5, 0.6) is 5.75 Å². The highest BCUT2D eigenvalue weighted by Crippen LogP contribution is 2.35. The minimum Gasteiger partial charge on any atom is -0.496 e. The zero-order valence-corrected chi connectivity index (χ0v) is 13.6. The van der Waals surface area contributed by atoms with Gasteiger partial charge in [0.2, 0.25) is 0 Å². The smallest absolute Gasteiger partial charge is 0.182 e. The van der Waals surface area contributed by atoms with Gasteiger partial charge in [-0.05, 0) is 12.1 Å². The molecular formula is C17H21NO2P. The van der Waals surface area contributed by atoms with Crippen molar-refractivity contribution in [2.24, 2.45) is 0 Å². The summed E-state index contributed by atoms with van der Waals surface area (Å²) in [5.41, 5.74) is 1.95. The summed E-state index contributed by atoms with van der Waals surface area (Å²) in [6.45, 7) is 5.60. The molecule has 0 bridgehead atoms. The average molecular weight is 302 g/mol. The number of hydrogen-bond donors (Lipinski definition) is 0. The third-order valence-electron chi connectivity index (χ3n) is 3.49. The largest absolute Gasteiger partial charge is 0.496 e. The Labute approximate surface area is 127 Å². The number of benzene rings is 2. The highest BCUT2D eigenvalue weighted by Gasteiger charge is 2.18. The standard InChI is InChI=1S/C17H21NO2P/c1-4-18(5-2)21(19)17-13-9-7-11-15(17)14-10-6-8-12-16(14)20-3/h6-13H,4-5H2,1-3H3. The van der Waals surface area contributed by atoms with Gasteiger partial charge in [-0.3, -0.25) is 4.57 Å². The van der Waals surface area contributed by atoms with Gasteiger partial charge in [-0.15, -0.1) is 0 Å². The Morgan fingerprint density at radius 1 is 0.952 bits per heavy atom. The predicted octanol–water partition coefficient (Wildman–Crippen LogP) is 4.07. The fourth-order valence-corrected chi connectivity index (χ4v) is 3.80. The maximum absolute atomic E-state index is 12.8. The van der Waals surface area contributed by atoms with Gasteiger partial charge in [0, 0.05) is 24.2 Å². The fraction of sp³-hybridized carbons (Fsp3) is 0.294. The molecule has 0 saturated heterocycles. The van der Waals surface area contributed by atoms with E-state index in [1.807, 2.05) is 67.0 Å². The number of rotatable bonds is 6. The molecular weight excluding hydrogens is 281 g/mol. The van der Waals surface area contributed by atoms with E-state index in [-0.39, 0.29) is 0 Å². The van der Waals surface area contributed by atoms with Crippen molar-refractivity contribution in [2.45, 2.75) is 13.8 Å². The van der Waals surface area contributed by atoms with Crippen LogP contribution < -0.4 is 10.0 Å². The van der Waals surface area contributed by atoms with E-state index in [1.54, 1.807) is 7.11 Å². The number of ether oxygens (including phenoxy) is 1. The van der Waals surface area contributed by atoms with Crippen molar-refractivity contribution in [3.05, 3.63) is 48.5 Å². The molecule has 0 aromatic heterocycles. The first-order valence-electron chi connectivity index (χ1n) is 7.17. The lowest BCUT2D eigenvalue weighted by atomic mass is 10.0. The Balaban J connectivity index is 2.53. The zero-order chi connectivity index (χ0) is 15.2. The Bertz CT molecular complexity index is 624. The normalized spacial score (nSPS) is 11.5. The van der Waals surface area contributed by atoms with Crippen LogP contribution in [0, 0.1) is 0 Å². The van der Waals surface area contributed by atoms with Gasteiger partial charge in [0.1, 0.15) is 5.75 Å². The molecule has 2 aromatic carbocycles. The lowest BCUT2D eigenvalue weighted by Crippen LogP contribution is -2.19. The maximum Gasteiger partial charge on any atom is 0.182 e. The first kappa shape index (κ1) is 15.7. The van der Waals surface area contributed by atoms with Crippen molar-refractivity contribution in [3.63, 3.8) is 0 Å². The molecule has 0 aliphatic carbocycles. The second-order valence-electron chi connectivity index (χ2n) is 4.63. The van der Waals surface area contributed by atoms with E-state index in [2.05, 4.69) is 0 Å². The number of para-hydroxylation sites is 1. The van der Waals surface area contributed by atoms with Gasteiger partial charge in [0.25, 0.3) is 0 Å². The highest BCUT2D eigenvalue weighted by atomic mass is 31.1. The number of hydrogen-bond acceptors (Lipinski definition) is 2. The van der Waals surface area contributed by atoms with E-state index in [4.69, 9.17) is 4.74 Å². The number of methoxy groups -OCH3 is 1. The van der Waals surface area contributed by atoms with E-state index in [0.717, 1.165) is 35.3 Å². The van der Waals surface area contributed by atoms with E-state index < -0.39 is 7.95 Å². The van der Waals surface area contributed by atoms with E-state index in [9.17, 15) is 4.57 Å². The second-order valence-corrected chi connectivity index (χ2v) is 6.22. The Morgan fingerprint density at radius 2 is 1.52 bits per heavy atom. The summed E-state index contributed by atoms with van der Waals surface area (Å²) in [4.78, 5) is 0. The van der Waals surface area contributed by atoms with Gasteiger partial charge >= 0.3 is 0 Å². The van der Waals surface area contributed by atoms with Gasteiger partial charge in [-0.2, -0.15) is 0 Å². The fourth-order valence-electron chi connectivity index (χ4n) is 2.37.